The first-order valence-electron chi connectivity index (χ1n) is 29.1. The van der Waals surface area contributed by atoms with Gasteiger partial charge in [-0.05, 0) is 44.9 Å². The SMILES string of the molecule is CC/C=C/C=C/C=C/C=C\CCCCCCC(O)C(=O)NC(COC1OC(CO)C(O)C(O)C1OC(=O)CCCCCCCCCCCCCCCCCCC)C(O)/C=C/CCCCCCCCCCC. The van der Waals surface area contributed by atoms with E-state index in [1.165, 1.54) is 128 Å². The van der Waals surface area contributed by atoms with Crippen LogP contribution in [0.2, 0.25) is 0 Å². The minimum Gasteiger partial charge on any atom is -0.454 e. The second kappa shape index (κ2) is 48.3. The number of nitrogens with one attached hydrogen (secondary N) is 1. The number of allylic oxidation sites excluding steroid dienone is 9. The molecule has 8 unspecified atom stereocenters. The van der Waals surface area contributed by atoms with Crippen LogP contribution in [-0.2, 0) is 23.8 Å². The molecule has 0 aromatic rings. The molecule has 1 saturated heterocycles. The quantitative estimate of drug-likeness (QED) is 0.0149. The van der Waals surface area contributed by atoms with Crippen LogP contribution < -0.4 is 5.32 Å². The van der Waals surface area contributed by atoms with Crippen molar-refractivity contribution in [3.05, 3.63) is 60.8 Å². The van der Waals surface area contributed by atoms with Crippen LogP contribution >= 0.6 is 0 Å². The number of aliphatic hydroxyl groups excluding tert-OH is 5. The summed E-state index contributed by atoms with van der Waals surface area (Å²) in [7, 11) is 0. The molecule has 0 bridgehead atoms. The number of aliphatic hydroxyl groups is 5. The van der Waals surface area contributed by atoms with Crippen LogP contribution in [0, 0.1) is 0 Å². The number of esters is 1. The molecule has 11 heteroatoms. The Morgan fingerprint density at radius 2 is 1.01 bits per heavy atom. The highest BCUT2D eigenvalue weighted by molar-refractivity contribution is 5.80. The Hall–Kier alpha value is -2.64. The first-order valence-corrected chi connectivity index (χ1v) is 29.1. The average Bonchev–Trinajstić information content (AvgIpc) is 3.37. The number of ether oxygens (including phenoxy) is 3. The Kier molecular flexibility index (Phi) is 45.2. The van der Waals surface area contributed by atoms with Crippen molar-refractivity contribution in [2.75, 3.05) is 13.2 Å². The largest absolute Gasteiger partial charge is 0.454 e. The monoisotopic (exact) mass is 1000 g/mol. The van der Waals surface area contributed by atoms with Crippen LogP contribution in [0.4, 0.5) is 0 Å². The molecule has 1 rings (SSSR count). The topological polar surface area (TPSA) is 175 Å². The van der Waals surface area contributed by atoms with E-state index < -0.39 is 67.4 Å². The predicted molar refractivity (Wildman–Crippen MR) is 292 cm³/mol. The van der Waals surface area contributed by atoms with Crippen LogP contribution in [0.3, 0.4) is 0 Å². The zero-order valence-electron chi connectivity index (χ0n) is 45.3. The van der Waals surface area contributed by atoms with Crippen molar-refractivity contribution in [3.8, 4) is 0 Å². The molecule has 6 N–H and O–H groups in total. The van der Waals surface area contributed by atoms with E-state index in [0.29, 0.717) is 12.8 Å². The van der Waals surface area contributed by atoms with Crippen LogP contribution in [0.25, 0.3) is 0 Å². The van der Waals surface area contributed by atoms with Gasteiger partial charge in [-0.25, -0.2) is 0 Å². The third-order valence-electron chi connectivity index (χ3n) is 13.5. The van der Waals surface area contributed by atoms with E-state index in [-0.39, 0.29) is 19.4 Å². The number of carbonyl (C=O) groups is 2. The zero-order valence-corrected chi connectivity index (χ0v) is 45.3. The van der Waals surface area contributed by atoms with Gasteiger partial charge >= 0.3 is 5.97 Å². The molecule has 1 heterocycles. The van der Waals surface area contributed by atoms with Crippen LogP contribution in [0.1, 0.15) is 245 Å². The summed E-state index contributed by atoms with van der Waals surface area (Å²) in [6.45, 7) is 5.62. The number of hydrogen-bond acceptors (Lipinski definition) is 10. The molecule has 0 aromatic heterocycles. The van der Waals surface area contributed by atoms with Gasteiger partial charge in [0.25, 0.3) is 0 Å². The number of rotatable bonds is 48. The summed E-state index contributed by atoms with van der Waals surface area (Å²) in [5.41, 5.74) is 0. The van der Waals surface area contributed by atoms with Gasteiger partial charge in [0.2, 0.25) is 5.91 Å². The van der Waals surface area contributed by atoms with Gasteiger partial charge in [-0.15, -0.1) is 0 Å². The Balaban J connectivity index is 2.71. The summed E-state index contributed by atoms with van der Waals surface area (Å²) in [5, 5.41) is 56.8. The second-order valence-corrected chi connectivity index (χ2v) is 20.1. The summed E-state index contributed by atoms with van der Waals surface area (Å²) in [6, 6.07) is -1.04. The number of unbranched alkanes of at least 4 members (excludes halogenated alkanes) is 29. The van der Waals surface area contributed by atoms with Crippen molar-refractivity contribution >= 4 is 11.9 Å². The molecule has 412 valence electrons. The van der Waals surface area contributed by atoms with Gasteiger partial charge in [0.15, 0.2) is 12.4 Å². The van der Waals surface area contributed by atoms with E-state index in [4.69, 9.17) is 14.2 Å². The number of amides is 1. The highest BCUT2D eigenvalue weighted by atomic mass is 16.7. The fourth-order valence-electron chi connectivity index (χ4n) is 8.90. The lowest BCUT2D eigenvalue weighted by Gasteiger charge is -2.41. The van der Waals surface area contributed by atoms with Crippen molar-refractivity contribution in [1.29, 1.82) is 0 Å². The van der Waals surface area contributed by atoms with Gasteiger partial charge in [-0.2, -0.15) is 0 Å². The van der Waals surface area contributed by atoms with E-state index in [9.17, 15) is 35.1 Å². The lowest BCUT2D eigenvalue weighted by molar-refractivity contribution is -0.305. The molecule has 0 aromatic carbocycles. The highest BCUT2D eigenvalue weighted by Crippen LogP contribution is 2.26. The normalized spacial score (nSPS) is 20.0. The fourth-order valence-corrected chi connectivity index (χ4v) is 8.90. The predicted octanol–water partition coefficient (Wildman–Crippen LogP) is 13.1. The molecule has 1 aliphatic rings. The van der Waals surface area contributed by atoms with Crippen molar-refractivity contribution < 1.29 is 49.3 Å². The van der Waals surface area contributed by atoms with Crippen molar-refractivity contribution in [2.45, 2.75) is 294 Å². The van der Waals surface area contributed by atoms with Gasteiger partial charge in [-0.3, -0.25) is 9.59 Å². The fraction of sp³-hybridized carbons (Fsp3) is 0.800. The number of carbonyl (C=O) groups excluding carboxylic acids is 2. The molecule has 0 saturated carbocycles. The molecule has 1 fully saturated rings. The van der Waals surface area contributed by atoms with E-state index in [0.717, 1.165) is 70.6 Å². The van der Waals surface area contributed by atoms with Crippen molar-refractivity contribution in [1.82, 2.24) is 5.32 Å². The molecule has 71 heavy (non-hydrogen) atoms. The molecule has 0 aliphatic carbocycles. The molecule has 8 atom stereocenters. The Labute approximate surface area is 433 Å². The maximum absolute atomic E-state index is 13.3. The van der Waals surface area contributed by atoms with Crippen LogP contribution in [-0.4, -0.2) is 99.6 Å². The first-order chi connectivity index (χ1) is 34.7. The molecule has 11 nitrogen and oxygen atoms in total. The van der Waals surface area contributed by atoms with Gasteiger partial charge in [-0.1, -0.05) is 255 Å². The van der Waals surface area contributed by atoms with Crippen molar-refractivity contribution in [3.63, 3.8) is 0 Å². The summed E-state index contributed by atoms with van der Waals surface area (Å²) in [4.78, 5) is 26.4. The molecule has 0 radical (unpaired) electrons. The number of hydrogen-bond donors (Lipinski definition) is 6. The lowest BCUT2D eigenvalue weighted by atomic mass is 9.99. The molecule has 0 spiro atoms. The molecule has 1 aliphatic heterocycles. The maximum Gasteiger partial charge on any atom is 0.306 e. The first kappa shape index (κ1) is 66.4. The Morgan fingerprint density at radius 3 is 1.52 bits per heavy atom. The van der Waals surface area contributed by atoms with Gasteiger partial charge < -0.3 is 45.1 Å². The molecule has 1 amide bonds. The Bertz CT molecular complexity index is 1380. The molecular formula is C60H107NO10. The van der Waals surface area contributed by atoms with E-state index in [1.807, 2.05) is 42.5 Å². The summed E-state index contributed by atoms with van der Waals surface area (Å²) < 4.78 is 17.6. The van der Waals surface area contributed by atoms with Gasteiger partial charge in [0, 0.05) is 6.42 Å². The lowest BCUT2D eigenvalue weighted by Crippen LogP contribution is -2.61. The second-order valence-electron chi connectivity index (χ2n) is 20.1. The van der Waals surface area contributed by atoms with E-state index >= 15 is 0 Å². The third kappa shape index (κ3) is 36.9. The smallest absolute Gasteiger partial charge is 0.306 e. The van der Waals surface area contributed by atoms with E-state index in [1.54, 1.807) is 6.08 Å². The minimum absolute atomic E-state index is 0.122. The maximum atomic E-state index is 13.3. The van der Waals surface area contributed by atoms with E-state index in [2.05, 4.69) is 38.2 Å². The summed E-state index contributed by atoms with van der Waals surface area (Å²) in [5.74, 6) is -1.22. The minimum atomic E-state index is -1.62. The van der Waals surface area contributed by atoms with Crippen molar-refractivity contribution in [2.24, 2.45) is 0 Å². The zero-order chi connectivity index (χ0) is 51.8. The third-order valence-corrected chi connectivity index (χ3v) is 13.5. The standard InChI is InChI=1S/C60H107NO10/c1-4-7-10-13-16-19-22-24-26-27-28-30-33-36-39-42-45-48-55(65)71-58-57(67)56(66)54(49-62)70-60(58)69-50-51(52(63)46-43-40-37-34-31-21-18-15-12-9-6-3)61-59(68)53(64)47-44-41-38-35-32-29-25-23-20-17-14-11-8-5-2/h8,11,14,17,20,23,25,29,43,46,51-54,56-58,60,62-64,66-67H,4-7,9-10,12-13,15-16,18-19,21-22,24,26-28,30-42,44-45,47-50H2,1-3H3,(H,61,68)/b11-8+,17-14+,23-20+,29-25-,46-43+. The summed E-state index contributed by atoms with van der Waals surface area (Å²) in [6.07, 6.45) is 48.4. The Morgan fingerprint density at radius 1 is 0.563 bits per heavy atom. The average molecular weight is 1000 g/mol. The van der Waals surface area contributed by atoms with Crippen LogP contribution in [0.5, 0.6) is 0 Å². The van der Waals surface area contributed by atoms with Crippen LogP contribution in [0.15, 0.2) is 60.8 Å². The van der Waals surface area contributed by atoms with Gasteiger partial charge in [0.1, 0.15) is 24.4 Å². The van der Waals surface area contributed by atoms with Gasteiger partial charge in [0.05, 0.1) is 25.4 Å². The highest BCUT2D eigenvalue weighted by Gasteiger charge is 2.47. The summed E-state index contributed by atoms with van der Waals surface area (Å²) >= 11 is 0. The molecular weight excluding hydrogens is 895 g/mol.